The molecule has 0 N–H and O–H groups in total. The average molecular weight is 188 g/mol. The molecule has 0 amide bonds. The monoisotopic (exact) mass is 188 g/mol. The molecule has 0 radical (unpaired) electrons. The summed E-state index contributed by atoms with van der Waals surface area (Å²) in [5.74, 6) is -1.97. The Labute approximate surface area is 68.7 Å². The number of halogens is 4. The van der Waals surface area contributed by atoms with Crippen LogP contribution in [0.4, 0.5) is 17.6 Å². The fourth-order valence-electron chi connectivity index (χ4n) is 0.577. The van der Waals surface area contributed by atoms with Gasteiger partial charge in [0, 0.05) is 0 Å². The molecule has 0 aliphatic rings. The minimum Gasteiger partial charge on any atom is -0.320 e. The fourth-order valence-corrected chi connectivity index (χ4v) is 0.577. The zero-order chi connectivity index (χ0) is 9.61. The van der Waals surface area contributed by atoms with Crippen molar-refractivity contribution in [1.82, 2.24) is 0 Å². The summed E-state index contributed by atoms with van der Waals surface area (Å²) in [6.45, 7) is -1.38. The van der Waals surface area contributed by atoms with Gasteiger partial charge in [-0.15, -0.1) is 0 Å². The molecule has 12 heavy (non-hydrogen) atoms. The molecule has 0 aromatic rings. The lowest BCUT2D eigenvalue weighted by atomic mass is 10.2. The van der Waals surface area contributed by atoms with Gasteiger partial charge >= 0.3 is 6.11 Å². The first kappa shape index (κ1) is 11.7. The van der Waals surface area contributed by atoms with Crippen LogP contribution in [-0.2, 0) is 4.74 Å². The maximum atomic E-state index is 12.6. The van der Waals surface area contributed by atoms with Gasteiger partial charge < -0.3 is 4.74 Å². The van der Waals surface area contributed by atoms with Crippen LogP contribution < -0.4 is 0 Å². The highest BCUT2D eigenvalue weighted by Gasteiger charge is 2.40. The van der Waals surface area contributed by atoms with Crippen LogP contribution >= 0.6 is 0 Å². The molecule has 1 nitrogen and oxygen atoms in total. The van der Waals surface area contributed by atoms with E-state index in [0.29, 0.717) is 6.42 Å². The van der Waals surface area contributed by atoms with Gasteiger partial charge in [-0.25, -0.2) is 0 Å². The summed E-state index contributed by atoms with van der Waals surface area (Å²) >= 11 is 0. The highest BCUT2D eigenvalue weighted by atomic mass is 19.3. The van der Waals surface area contributed by atoms with Gasteiger partial charge in [0.2, 0.25) is 0 Å². The van der Waals surface area contributed by atoms with Gasteiger partial charge in [-0.1, -0.05) is 6.92 Å². The molecule has 0 fully saturated rings. The normalized spacial score (nSPS) is 12.5. The third-order valence-electron chi connectivity index (χ3n) is 1.35. The van der Waals surface area contributed by atoms with Gasteiger partial charge in [0.1, 0.15) is 19.3 Å². The lowest BCUT2D eigenvalue weighted by Gasteiger charge is -2.21. The largest absolute Gasteiger partial charge is 0.363 e. The molecule has 5 heteroatoms. The molecule has 0 unspecified atom stereocenters. The van der Waals surface area contributed by atoms with E-state index in [1.54, 1.807) is 6.92 Å². The lowest BCUT2D eigenvalue weighted by molar-refractivity contribution is -0.275. The maximum Gasteiger partial charge on any atom is 0.363 e. The third kappa shape index (κ3) is 3.38. The molecule has 0 rings (SSSR count). The third-order valence-corrected chi connectivity index (χ3v) is 1.35. The van der Waals surface area contributed by atoms with Crippen LogP contribution in [0, 0.1) is 5.92 Å². The SMILES string of the molecule is CCCOC(F)(F)C(CF)CF. The van der Waals surface area contributed by atoms with Gasteiger partial charge in [-0.05, 0) is 6.42 Å². The second-order valence-electron chi connectivity index (χ2n) is 2.42. The fraction of sp³-hybridized carbons (Fsp3) is 1.00. The second-order valence-corrected chi connectivity index (χ2v) is 2.42. The molecule has 0 atom stereocenters. The highest BCUT2D eigenvalue weighted by molar-refractivity contribution is 4.66. The topological polar surface area (TPSA) is 9.23 Å². The van der Waals surface area contributed by atoms with Gasteiger partial charge in [-0.2, -0.15) is 8.78 Å². The molecular formula is C7H12F4O. The van der Waals surface area contributed by atoms with E-state index in [1.165, 1.54) is 0 Å². The first-order chi connectivity index (χ1) is 5.58. The Balaban J connectivity index is 3.96. The summed E-state index contributed by atoms with van der Waals surface area (Å²) in [6, 6.07) is 0. The number of hydrogen-bond acceptors (Lipinski definition) is 1. The van der Waals surface area contributed by atoms with Crippen molar-refractivity contribution in [3.63, 3.8) is 0 Å². The van der Waals surface area contributed by atoms with Crippen molar-refractivity contribution in [2.75, 3.05) is 20.0 Å². The van der Waals surface area contributed by atoms with E-state index in [4.69, 9.17) is 0 Å². The Kier molecular flexibility index (Phi) is 5.20. The molecule has 0 aliphatic carbocycles. The second kappa shape index (κ2) is 5.35. The Morgan fingerprint density at radius 3 is 2.08 bits per heavy atom. The van der Waals surface area contributed by atoms with Crippen molar-refractivity contribution < 1.29 is 22.3 Å². The van der Waals surface area contributed by atoms with Gasteiger partial charge in [0.25, 0.3) is 0 Å². The van der Waals surface area contributed by atoms with Crippen molar-refractivity contribution in [2.24, 2.45) is 5.92 Å². The van der Waals surface area contributed by atoms with E-state index in [-0.39, 0.29) is 6.61 Å². The number of rotatable bonds is 6. The minimum absolute atomic E-state index is 0.191. The van der Waals surface area contributed by atoms with Gasteiger partial charge in [0.05, 0.1) is 6.61 Å². The Bertz CT molecular complexity index is 114. The van der Waals surface area contributed by atoms with Crippen molar-refractivity contribution in [1.29, 1.82) is 0 Å². The molecule has 0 saturated carbocycles. The predicted octanol–water partition coefficient (Wildman–Crippen LogP) is 2.56. The molecule has 74 valence electrons. The van der Waals surface area contributed by atoms with Crippen LogP contribution in [0.5, 0.6) is 0 Å². The Hall–Kier alpha value is -0.320. The van der Waals surface area contributed by atoms with Gasteiger partial charge in [0.15, 0.2) is 0 Å². The van der Waals surface area contributed by atoms with Crippen molar-refractivity contribution in [3.8, 4) is 0 Å². The summed E-state index contributed by atoms with van der Waals surface area (Å²) in [5, 5.41) is 0. The van der Waals surface area contributed by atoms with Crippen LogP contribution in [0.15, 0.2) is 0 Å². The molecule has 0 spiro atoms. The zero-order valence-corrected chi connectivity index (χ0v) is 6.83. The van der Waals surface area contributed by atoms with E-state index in [1.807, 2.05) is 0 Å². The molecule has 0 aromatic carbocycles. The van der Waals surface area contributed by atoms with E-state index in [0.717, 1.165) is 0 Å². The summed E-state index contributed by atoms with van der Waals surface area (Å²) in [5.41, 5.74) is 0. The van der Waals surface area contributed by atoms with E-state index in [2.05, 4.69) is 4.74 Å². The first-order valence-electron chi connectivity index (χ1n) is 3.72. The summed E-state index contributed by atoms with van der Waals surface area (Å²) in [6.07, 6.45) is -3.29. The lowest BCUT2D eigenvalue weighted by Crippen LogP contribution is -2.34. The molecule has 0 aromatic heterocycles. The van der Waals surface area contributed by atoms with E-state index in [9.17, 15) is 17.6 Å². The van der Waals surface area contributed by atoms with E-state index < -0.39 is 25.4 Å². The van der Waals surface area contributed by atoms with Crippen molar-refractivity contribution in [3.05, 3.63) is 0 Å². The van der Waals surface area contributed by atoms with Crippen LogP contribution in [0.3, 0.4) is 0 Å². The average Bonchev–Trinajstić information content (AvgIpc) is 2.03. The smallest absolute Gasteiger partial charge is 0.320 e. The maximum absolute atomic E-state index is 12.6. The predicted molar refractivity (Wildman–Crippen MR) is 36.6 cm³/mol. The molecule has 0 aliphatic heterocycles. The van der Waals surface area contributed by atoms with Crippen LogP contribution in [-0.4, -0.2) is 26.1 Å². The molecule has 0 saturated heterocycles. The Morgan fingerprint density at radius 1 is 1.25 bits per heavy atom. The van der Waals surface area contributed by atoms with Crippen LogP contribution in [0.25, 0.3) is 0 Å². The first-order valence-corrected chi connectivity index (χ1v) is 3.72. The summed E-state index contributed by atoms with van der Waals surface area (Å²) in [7, 11) is 0. The van der Waals surface area contributed by atoms with E-state index >= 15 is 0 Å². The quantitative estimate of drug-likeness (QED) is 0.582. The standard InChI is InChI=1S/C7H12F4O/c1-2-3-12-7(10,11)6(4-8)5-9/h6H,2-5H2,1H3. The van der Waals surface area contributed by atoms with Crippen LogP contribution in [0.2, 0.25) is 0 Å². The van der Waals surface area contributed by atoms with Crippen molar-refractivity contribution >= 4 is 0 Å². The van der Waals surface area contributed by atoms with Crippen molar-refractivity contribution in [2.45, 2.75) is 19.5 Å². The number of alkyl halides is 4. The highest BCUT2D eigenvalue weighted by Crippen LogP contribution is 2.27. The molecule has 0 bridgehead atoms. The number of hydrogen-bond donors (Lipinski definition) is 0. The molecular weight excluding hydrogens is 176 g/mol. The molecule has 0 heterocycles. The zero-order valence-electron chi connectivity index (χ0n) is 6.83. The Morgan fingerprint density at radius 2 is 1.75 bits per heavy atom. The number of ether oxygens (including phenoxy) is 1. The summed E-state index contributed by atoms with van der Waals surface area (Å²) in [4.78, 5) is 0. The summed E-state index contributed by atoms with van der Waals surface area (Å²) < 4.78 is 52.7. The van der Waals surface area contributed by atoms with Crippen LogP contribution in [0.1, 0.15) is 13.3 Å². The van der Waals surface area contributed by atoms with Gasteiger partial charge in [-0.3, -0.25) is 8.78 Å². The minimum atomic E-state index is -3.68.